The van der Waals surface area contributed by atoms with Gasteiger partial charge in [-0.1, -0.05) is 32.9 Å². The number of pyridine rings is 1. The molecule has 0 bridgehead atoms. The van der Waals surface area contributed by atoms with E-state index in [0.29, 0.717) is 5.92 Å². The molecule has 2 unspecified atom stereocenters. The predicted molar refractivity (Wildman–Crippen MR) is 126 cm³/mol. The normalized spacial score (nSPS) is 19.0. The van der Waals surface area contributed by atoms with E-state index in [9.17, 15) is 0 Å². The predicted octanol–water partition coefficient (Wildman–Crippen LogP) is 6.08. The molecule has 1 aliphatic heterocycles. The fraction of sp³-hybridized carbons (Fsp3) is 0.269. The van der Waals surface area contributed by atoms with Crippen molar-refractivity contribution in [2.24, 2.45) is 4.99 Å². The number of H-pyrrole nitrogens is 2. The van der Waals surface area contributed by atoms with Gasteiger partial charge in [0.15, 0.2) is 0 Å². The Bertz CT molecular complexity index is 1370. The van der Waals surface area contributed by atoms with Crippen LogP contribution in [0.2, 0.25) is 0 Å². The van der Waals surface area contributed by atoms with Gasteiger partial charge in [-0.2, -0.15) is 0 Å². The van der Waals surface area contributed by atoms with Crippen LogP contribution in [0.15, 0.2) is 53.7 Å². The van der Waals surface area contributed by atoms with E-state index in [1.165, 1.54) is 22.2 Å². The highest BCUT2D eigenvalue weighted by Crippen LogP contribution is 2.48. The molecule has 0 radical (unpaired) electrons. The monoisotopic (exact) mass is 407 g/mol. The Kier molecular flexibility index (Phi) is 4.00. The van der Waals surface area contributed by atoms with E-state index in [1.807, 2.05) is 24.6 Å². The number of nitrogens with zero attached hydrogens (tertiary/aromatic N) is 3. The Hall–Kier alpha value is -3.47. The van der Waals surface area contributed by atoms with Gasteiger partial charge < -0.3 is 9.97 Å². The SMILES string of the molecule is CCc1ccc2[nH]c(C(C)C)c(-c3nc4c([nH]3)C3C=CC=NC3c3ncccc3-4)c2c1. The molecule has 5 nitrogen and oxygen atoms in total. The van der Waals surface area contributed by atoms with Gasteiger partial charge in [-0.05, 0) is 48.2 Å². The van der Waals surface area contributed by atoms with Gasteiger partial charge in [0.2, 0.25) is 0 Å². The van der Waals surface area contributed by atoms with Gasteiger partial charge in [-0.3, -0.25) is 9.98 Å². The number of aliphatic imine (C=N–C) groups is 1. The Balaban J connectivity index is 1.62. The van der Waals surface area contributed by atoms with Crippen molar-refractivity contribution in [2.45, 2.75) is 45.1 Å². The van der Waals surface area contributed by atoms with Crippen molar-refractivity contribution in [2.75, 3.05) is 0 Å². The quantitative estimate of drug-likeness (QED) is 0.432. The first kappa shape index (κ1) is 18.3. The van der Waals surface area contributed by atoms with Crippen LogP contribution in [0.4, 0.5) is 0 Å². The molecule has 31 heavy (non-hydrogen) atoms. The average molecular weight is 408 g/mol. The van der Waals surface area contributed by atoms with E-state index >= 15 is 0 Å². The number of aromatic nitrogens is 4. The van der Waals surface area contributed by atoms with E-state index in [2.05, 4.69) is 66.1 Å². The molecule has 2 atom stereocenters. The molecule has 154 valence electrons. The second-order valence-electron chi connectivity index (χ2n) is 8.74. The first-order valence-electron chi connectivity index (χ1n) is 11.1. The molecule has 4 heterocycles. The number of dihydropyridines is 1. The fourth-order valence-electron chi connectivity index (χ4n) is 4.98. The molecule has 2 N–H and O–H groups in total. The van der Waals surface area contributed by atoms with Crippen molar-refractivity contribution in [1.82, 2.24) is 19.9 Å². The summed E-state index contributed by atoms with van der Waals surface area (Å²) in [5.74, 6) is 1.41. The van der Waals surface area contributed by atoms with Crippen molar-refractivity contribution >= 4 is 17.1 Å². The summed E-state index contributed by atoms with van der Waals surface area (Å²) in [6.45, 7) is 6.65. The summed E-state index contributed by atoms with van der Waals surface area (Å²) in [7, 11) is 0. The number of allylic oxidation sites excluding steroid dienone is 1. The van der Waals surface area contributed by atoms with Gasteiger partial charge in [-0.15, -0.1) is 0 Å². The van der Waals surface area contributed by atoms with Gasteiger partial charge in [-0.25, -0.2) is 4.98 Å². The Morgan fingerprint density at radius 3 is 2.87 bits per heavy atom. The minimum absolute atomic E-state index is 0.00114. The van der Waals surface area contributed by atoms with Crippen LogP contribution in [-0.2, 0) is 6.42 Å². The summed E-state index contributed by atoms with van der Waals surface area (Å²) < 4.78 is 0. The smallest absolute Gasteiger partial charge is 0.140 e. The van der Waals surface area contributed by atoms with Crippen LogP contribution in [-0.4, -0.2) is 26.2 Å². The molecule has 2 aliphatic rings. The van der Waals surface area contributed by atoms with E-state index in [-0.39, 0.29) is 12.0 Å². The minimum atomic E-state index is 0.00114. The molecular weight excluding hydrogens is 382 g/mol. The summed E-state index contributed by atoms with van der Waals surface area (Å²) >= 11 is 0. The van der Waals surface area contributed by atoms with E-state index in [0.717, 1.165) is 40.4 Å². The third-order valence-corrected chi connectivity index (χ3v) is 6.54. The van der Waals surface area contributed by atoms with Gasteiger partial charge in [0.1, 0.15) is 11.9 Å². The van der Waals surface area contributed by atoms with Gasteiger partial charge in [0.05, 0.1) is 17.1 Å². The van der Waals surface area contributed by atoms with Crippen LogP contribution in [0.3, 0.4) is 0 Å². The molecule has 0 amide bonds. The van der Waals surface area contributed by atoms with Gasteiger partial charge >= 0.3 is 0 Å². The number of nitrogens with one attached hydrogen (secondary N) is 2. The topological polar surface area (TPSA) is 69.7 Å². The zero-order valence-corrected chi connectivity index (χ0v) is 18.0. The maximum absolute atomic E-state index is 5.17. The number of imidazole rings is 1. The molecule has 0 saturated carbocycles. The van der Waals surface area contributed by atoms with Gasteiger partial charge in [0, 0.05) is 46.1 Å². The van der Waals surface area contributed by atoms with Crippen LogP contribution in [0.5, 0.6) is 0 Å². The van der Waals surface area contributed by atoms with E-state index < -0.39 is 0 Å². The first-order chi connectivity index (χ1) is 15.2. The molecule has 1 aromatic carbocycles. The van der Waals surface area contributed by atoms with Crippen molar-refractivity contribution in [3.8, 4) is 22.6 Å². The highest BCUT2D eigenvalue weighted by Gasteiger charge is 2.37. The largest absolute Gasteiger partial charge is 0.358 e. The van der Waals surface area contributed by atoms with Crippen LogP contribution in [0.25, 0.3) is 33.5 Å². The molecule has 0 fully saturated rings. The van der Waals surface area contributed by atoms with Crippen LogP contribution < -0.4 is 0 Å². The van der Waals surface area contributed by atoms with Crippen molar-refractivity contribution in [3.63, 3.8) is 0 Å². The Morgan fingerprint density at radius 1 is 1.13 bits per heavy atom. The second-order valence-corrected chi connectivity index (χ2v) is 8.74. The molecule has 0 spiro atoms. The summed E-state index contributed by atoms with van der Waals surface area (Å²) in [6, 6.07) is 10.8. The lowest BCUT2D eigenvalue weighted by Crippen LogP contribution is -2.18. The Labute approximate surface area is 181 Å². The zero-order valence-electron chi connectivity index (χ0n) is 18.0. The van der Waals surface area contributed by atoms with Crippen LogP contribution >= 0.6 is 0 Å². The maximum atomic E-state index is 5.17. The van der Waals surface area contributed by atoms with Crippen molar-refractivity contribution in [1.29, 1.82) is 0 Å². The lowest BCUT2D eigenvalue weighted by atomic mass is 9.82. The lowest BCUT2D eigenvalue weighted by molar-refractivity contribution is 0.608. The number of hydrogen-bond acceptors (Lipinski definition) is 3. The van der Waals surface area contributed by atoms with Crippen molar-refractivity contribution in [3.05, 3.63) is 71.3 Å². The molecule has 6 rings (SSSR count). The number of aromatic amines is 2. The summed E-state index contributed by atoms with van der Waals surface area (Å²) in [4.78, 5) is 22.0. The molecule has 4 aromatic rings. The van der Waals surface area contributed by atoms with Crippen molar-refractivity contribution < 1.29 is 0 Å². The zero-order chi connectivity index (χ0) is 21.1. The summed E-state index contributed by atoms with van der Waals surface area (Å²) in [5.41, 5.74) is 9.10. The third kappa shape index (κ3) is 2.66. The Morgan fingerprint density at radius 2 is 2.03 bits per heavy atom. The number of hydrogen-bond donors (Lipinski definition) is 2. The standard InChI is InChI=1S/C26H25N5/c1-4-15-9-10-19-18(13-15)20(21(29-19)14(2)3)26-30-24-16-7-5-11-27-22(16)23-17(25(24)31-26)8-6-12-28-23/h5-14,16,22,29H,4H2,1-3H3,(H,30,31). The minimum Gasteiger partial charge on any atom is -0.358 e. The van der Waals surface area contributed by atoms with Gasteiger partial charge in [0.25, 0.3) is 0 Å². The molecule has 3 aromatic heterocycles. The van der Waals surface area contributed by atoms with E-state index in [1.54, 1.807) is 0 Å². The van der Waals surface area contributed by atoms with Crippen LogP contribution in [0.1, 0.15) is 61.3 Å². The lowest BCUT2D eigenvalue weighted by Gasteiger charge is -2.28. The highest BCUT2D eigenvalue weighted by atomic mass is 15.0. The fourth-order valence-corrected chi connectivity index (χ4v) is 4.98. The highest BCUT2D eigenvalue weighted by molar-refractivity contribution is 5.97. The number of benzene rings is 1. The summed E-state index contributed by atoms with van der Waals surface area (Å²) in [6.07, 6.45) is 8.98. The average Bonchev–Trinajstić information content (AvgIpc) is 3.41. The maximum Gasteiger partial charge on any atom is 0.140 e. The van der Waals surface area contributed by atoms with E-state index in [4.69, 9.17) is 9.98 Å². The first-order valence-corrected chi connectivity index (χ1v) is 11.1. The molecule has 1 aliphatic carbocycles. The second kappa shape index (κ2) is 6.77. The molecule has 0 saturated heterocycles. The molecular formula is C26H25N5. The summed E-state index contributed by atoms with van der Waals surface area (Å²) in [5, 5.41) is 1.23. The molecule has 5 heteroatoms. The third-order valence-electron chi connectivity index (χ3n) is 6.54. The number of aryl methyl sites for hydroxylation is 1. The number of fused-ring (bicyclic) bond motifs is 7. The number of rotatable bonds is 3. The van der Waals surface area contributed by atoms with Crippen LogP contribution in [0, 0.1) is 0 Å².